The molecule has 0 aromatic carbocycles. The van der Waals surface area contributed by atoms with Gasteiger partial charge in [0.25, 0.3) is 0 Å². The average molecular weight is 201 g/mol. The first-order chi connectivity index (χ1) is 6.14. The fourth-order valence-electron chi connectivity index (χ4n) is 0.785. The Labute approximate surface area is 82.4 Å². The minimum Gasteiger partial charge on any atom is -0.396 e. The highest BCUT2D eigenvalue weighted by Gasteiger charge is 2.16. The number of ether oxygens (including phenoxy) is 1. The van der Waals surface area contributed by atoms with Crippen LogP contribution in [-0.2, 0) is 11.3 Å². The second-order valence-electron chi connectivity index (χ2n) is 3.74. The lowest BCUT2D eigenvalue weighted by molar-refractivity contribution is 0.0197. The van der Waals surface area contributed by atoms with E-state index in [1.165, 1.54) is 0 Å². The maximum atomic E-state index is 8.96. The molecule has 1 aromatic rings. The summed E-state index contributed by atoms with van der Waals surface area (Å²) in [4.78, 5) is 4.09. The molecule has 0 spiro atoms. The van der Waals surface area contributed by atoms with Gasteiger partial charge in [-0.2, -0.15) is 0 Å². The van der Waals surface area contributed by atoms with E-state index < -0.39 is 0 Å². The van der Waals surface area contributed by atoms with Gasteiger partial charge in [-0.25, -0.2) is 4.98 Å². The monoisotopic (exact) mass is 201 g/mol. The summed E-state index contributed by atoms with van der Waals surface area (Å²) in [5.41, 5.74) is -0.155. The first-order valence-corrected chi connectivity index (χ1v) is 5.09. The highest BCUT2D eigenvalue weighted by atomic mass is 32.1. The van der Waals surface area contributed by atoms with E-state index in [1.807, 2.05) is 19.2 Å². The number of rotatable bonds is 5. The van der Waals surface area contributed by atoms with Crippen LogP contribution in [0.3, 0.4) is 0 Å². The van der Waals surface area contributed by atoms with Crippen LogP contribution in [0.15, 0.2) is 11.6 Å². The highest BCUT2D eigenvalue weighted by molar-refractivity contribution is 7.09. The van der Waals surface area contributed by atoms with Crippen LogP contribution in [0.1, 0.15) is 18.9 Å². The lowest BCUT2D eigenvalue weighted by Gasteiger charge is -2.20. The molecule has 1 N–H and O–H groups in total. The third kappa shape index (κ3) is 3.85. The number of hydrogen-bond donors (Lipinski definition) is 1. The normalized spacial score (nSPS) is 11.9. The van der Waals surface area contributed by atoms with E-state index in [0.29, 0.717) is 13.2 Å². The summed E-state index contributed by atoms with van der Waals surface area (Å²) in [6.07, 6.45) is 1.76. The highest BCUT2D eigenvalue weighted by Crippen LogP contribution is 2.15. The van der Waals surface area contributed by atoms with E-state index in [0.717, 1.165) is 5.01 Å². The third-order valence-corrected chi connectivity index (χ3v) is 2.38. The van der Waals surface area contributed by atoms with E-state index >= 15 is 0 Å². The second-order valence-corrected chi connectivity index (χ2v) is 4.72. The molecule has 1 rings (SSSR count). The molecule has 4 heteroatoms. The number of aromatic nitrogens is 1. The maximum Gasteiger partial charge on any atom is 0.118 e. The topological polar surface area (TPSA) is 42.4 Å². The molecule has 0 bridgehead atoms. The van der Waals surface area contributed by atoms with Gasteiger partial charge >= 0.3 is 0 Å². The number of aliphatic hydroxyl groups excluding tert-OH is 1. The molecule has 0 saturated heterocycles. The van der Waals surface area contributed by atoms with Crippen LogP contribution in [0.4, 0.5) is 0 Å². The van der Waals surface area contributed by atoms with Gasteiger partial charge in [0.05, 0.1) is 19.8 Å². The third-order valence-electron chi connectivity index (χ3n) is 1.63. The van der Waals surface area contributed by atoms with Gasteiger partial charge in [-0.05, 0) is 0 Å². The van der Waals surface area contributed by atoms with Crippen molar-refractivity contribution in [2.75, 3.05) is 13.2 Å². The van der Waals surface area contributed by atoms with Gasteiger partial charge < -0.3 is 9.84 Å². The second kappa shape index (κ2) is 4.69. The zero-order valence-corrected chi connectivity index (χ0v) is 8.80. The number of thiazole rings is 1. The first kappa shape index (κ1) is 10.6. The van der Waals surface area contributed by atoms with Crippen LogP contribution >= 0.6 is 11.3 Å². The lowest BCUT2D eigenvalue weighted by atomic mass is 9.97. The molecule has 0 radical (unpaired) electrons. The summed E-state index contributed by atoms with van der Waals surface area (Å²) >= 11 is 1.58. The van der Waals surface area contributed by atoms with Crippen LogP contribution in [0.2, 0.25) is 0 Å². The molecule has 13 heavy (non-hydrogen) atoms. The molecule has 0 aliphatic rings. The predicted octanol–water partition coefficient (Wildman–Crippen LogP) is 1.68. The predicted molar refractivity (Wildman–Crippen MR) is 52.6 cm³/mol. The van der Waals surface area contributed by atoms with Crippen molar-refractivity contribution in [3.63, 3.8) is 0 Å². The van der Waals surface area contributed by atoms with E-state index in [2.05, 4.69) is 4.98 Å². The summed E-state index contributed by atoms with van der Waals surface area (Å²) in [7, 11) is 0. The van der Waals surface area contributed by atoms with Crippen molar-refractivity contribution >= 4 is 11.3 Å². The standard InChI is InChI=1S/C9H15NO2S/c1-9(2,6-11)7-12-5-8-10-3-4-13-8/h3-4,11H,5-7H2,1-2H3. The van der Waals surface area contributed by atoms with Crippen LogP contribution in [0, 0.1) is 5.41 Å². The van der Waals surface area contributed by atoms with Gasteiger partial charge in [0.15, 0.2) is 0 Å². The fourth-order valence-corrected chi connectivity index (χ4v) is 1.34. The Morgan fingerprint density at radius 1 is 1.62 bits per heavy atom. The maximum absolute atomic E-state index is 8.96. The minimum absolute atomic E-state index is 0.144. The molecule has 0 saturated carbocycles. The Hall–Kier alpha value is -0.450. The van der Waals surface area contributed by atoms with E-state index in [1.54, 1.807) is 17.5 Å². The smallest absolute Gasteiger partial charge is 0.118 e. The zero-order chi connectivity index (χ0) is 9.73. The van der Waals surface area contributed by atoms with Crippen LogP contribution in [-0.4, -0.2) is 23.3 Å². The van der Waals surface area contributed by atoms with Crippen molar-refractivity contribution in [1.82, 2.24) is 4.98 Å². The van der Waals surface area contributed by atoms with Crippen molar-refractivity contribution in [3.8, 4) is 0 Å². The van der Waals surface area contributed by atoms with E-state index in [4.69, 9.17) is 9.84 Å². The SMILES string of the molecule is CC(C)(CO)COCc1nccs1. The molecule has 0 aliphatic heterocycles. The van der Waals surface area contributed by atoms with Gasteiger partial charge in [-0.3, -0.25) is 0 Å². The molecule has 0 atom stereocenters. The average Bonchev–Trinajstić information content (AvgIpc) is 2.57. The Bertz CT molecular complexity index is 234. The molecule has 1 heterocycles. The number of hydrogen-bond acceptors (Lipinski definition) is 4. The molecular formula is C9H15NO2S. The Kier molecular flexibility index (Phi) is 3.84. The molecular weight excluding hydrogens is 186 g/mol. The van der Waals surface area contributed by atoms with Gasteiger partial charge in [0, 0.05) is 17.0 Å². The molecule has 0 fully saturated rings. The molecule has 3 nitrogen and oxygen atoms in total. The first-order valence-electron chi connectivity index (χ1n) is 4.21. The molecule has 74 valence electrons. The minimum atomic E-state index is -0.155. The quantitative estimate of drug-likeness (QED) is 0.788. The summed E-state index contributed by atoms with van der Waals surface area (Å²) in [5, 5.41) is 11.9. The van der Waals surface area contributed by atoms with E-state index in [-0.39, 0.29) is 12.0 Å². The lowest BCUT2D eigenvalue weighted by Crippen LogP contribution is -2.23. The molecule has 0 amide bonds. The summed E-state index contributed by atoms with van der Waals surface area (Å²) in [6, 6.07) is 0. The van der Waals surface area contributed by atoms with Gasteiger partial charge in [0.1, 0.15) is 5.01 Å². The Morgan fingerprint density at radius 3 is 2.92 bits per heavy atom. The largest absolute Gasteiger partial charge is 0.396 e. The fraction of sp³-hybridized carbons (Fsp3) is 0.667. The van der Waals surface area contributed by atoms with Crippen molar-refractivity contribution in [1.29, 1.82) is 0 Å². The Morgan fingerprint density at radius 2 is 2.38 bits per heavy atom. The molecule has 0 unspecified atom stereocenters. The summed E-state index contributed by atoms with van der Waals surface area (Å²) < 4.78 is 5.42. The molecule has 1 aromatic heterocycles. The molecule has 0 aliphatic carbocycles. The van der Waals surface area contributed by atoms with Crippen LogP contribution in [0.25, 0.3) is 0 Å². The van der Waals surface area contributed by atoms with Crippen molar-refractivity contribution < 1.29 is 9.84 Å². The van der Waals surface area contributed by atoms with Gasteiger partial charge in [-0.1, -0.05) is 13.8 Å². The van der Waals surface area contributed by atoms with Crippen molar-refractivity contribution in [2.24, 2.45) is 5.41 Å². The van der Waals surface area contributed by atoms with Crippen molar-refractivity contribution in [2.45, 2.75) is 20.5 Å². The van der Waals surface area contributed by atoms with Gasteiger partial charge in [-0.15, -0.1) is 11.3 Å². The number of aliphatic hydroxyl groups is 1. The zero-order valence-electron chi connectivity index (χ0n) is 7.99. The Balaban J connectivity index is 2.21. The van der Waals surface area contributed by atoms with Crippen LogP contribution in [0.5, 0.6) is 0 Å². The number of nitrogens with zero attached hydrogens (tertiary/aromatic N) is 1. The summed E-state index contributed by atoms with van der Waals surface area (Å²) in [6.45, 7) is 5.18. The van der Waals surface area contributed by atoms with Crippen molar-refractivity contribution in [3.05, 3.63) is 16.6 Å². The van der Waals surface area contributed by atoms with E-state index in [9.17, 15) is 0 Å². The summed E-state index contributed by atoms with van der Waals surface area (Å²) in [5.74, 6) is 0. The van der Waals surface area contributed by atoms with Crippen LogP contribution < -0.4 is 0 Å². The van der Waals surface area contributed by atoms with Gasteiger partial charge in [0.2, 0.25) is 0 Å².